The van der Waals surface area contributed by atoms with Crippen LogP contribution in [0, 0.1) is 5.82 Å². The molecule has 0 aliphatic carbocycles. The summed E-state index contributed by atoms with van der Waals surface area (Å²) >= 11 is 0. The van der Waals surface area contributed by atoms with Gasteiger partial charge in [0.15, 0.2) is 11.6 Å². The second-order valence-electron chi connectivity index (χ2n) is 3.82. The van der Waals surface area contributed by atoms with Crippen molar-refractivity contribution in [3.05, 3.63) is 53.8 Å². The molecule has 5 heteroatoms. The fraction of sp³-hybridized carbons (Fsp3) is 0.0714. The van der Waals surface area contributed by atoms with Gasteiger partial charge in [-0.1, -0.05) is 12.1 Å². The van der Waals surface area contributed by atoms with Crippen LogP contribution >= 0.6 is 0 Å². The number of methoxy groups -OCH3 is 1. The van der Waals surface area contributed by atoms with E-state index in [1.165, 1.54) is 31.4 Å². The number of carbonyl (C=O) groups excluding carboxylic acids is 1. The van der Waals surface area contributed by atoms with Crippen molar-refractivity contribution in [3.63, 3.8) is 0 Å². The van der Waals surface area contributed by atoms with E-state index in [-0.39, 0.29) is 22.7 Å². The smallest absolute Gasteiger partial charge is 0.259 e. The predicted molar refractivity (Wildman–Crippen MR) is 69.0 cm³/mol. The maximum atomic E-state index is 13.5. The molecule has 1 amide bonds. The summed E-state index contributed by atoms with van der Waals surface area (Å²) in [6.45, 7) is 0. The molecule has 2 rings (SSSR count). The summed E-state index contributed by atoms with van der Waals surface area (Å²) in [4.78, 5) is 11.9. The van der Waals surface area contributed by atoms with Gasteiger partial charge in [-0.3, -0.25) is 4.79 Å². The highest BCUT2D eigenvalue weighted by Crippen LogP contribution is 2.22. The summed E-state index contributed by atoms with van der Waals surface area (Å²) < 4.78 is 18.2. The number of ether oxygens (including phenoxy) is 1. The molecule has 0 aromatic heterocycles. The summed E-state index contributed by atoms with van der Waals surface area (Å²) in [6.07, 6.45) is 0. The van der Waals surface area contributed by atoms with Crippen molar-refractivity contribution in [2.45, 2.75) is 0 Å². The zero-order valence-electron chi connectivity index (χ0n) is 10.2. The number of benzene rings is 2. The molecule has 0 atom stereocenters. The van der Waals surface area contributed by atoms with Crippen LogP contribution in [0.4, 0.5) is 10.1 Å². The topological polar surface area (TPSA) is 58.6 Å². The second kappa shape index (κ2) is 5.39. The summed E-state index contributed by atoms with van der Waals surface area (Å²) in [7, 11) is 1.36. The first kappa shape index (κ1) is 12.9. The summed E-state index contributed by atoms with van der Waals surface area (Å²) in [5.74, 6) is -1.12. The minimum absolute atomic E-state index is 0.0977. The van der Waals surface area contributed by atoms with Crippen LogP contribution in [-0.2, 0) is 0 Å². The van der Waals surface area contributed by atoms with Crippen molar-refractivity contribution >= 4 is 11.6 Å². The molecular weight excluding hydrogens is 249 g/mol. The lowest BCUT2D eigenvalue weighted by atomic mass is 10.2. The van der Waals surface area contributed by atoms with E-state index in [0.717, 1.165) is 6.07 Å². The Morgan fingerprint density at radius 1 is 1.26 bits per heavy atom. The Morgan fingerprint density at radius 3 is 2.63 bits per heavy atom. The predicted octanol–water partition coefficient (Wildman–Crippen LogP) is 2.79. The van der Waals surface area contributed by atoms with E-state index >= 15 is 0 Å². The van der Waals surface area contributed by atoms with Crippen LogP contribution in [0.1, 0.15) is 10.4 Å². The van der Waals surface area contributed by atoms with Crippen LogP contribution in [0.2, 0.25) is 0 Å². The number of hydrogen-bond acceptors (Lipinski definition) is 3. The van der Waals surface area contributed by atoms with Gasteiger partial charge in [-0.25, -0.2) is 4.39 Å². The maximum absolute atomic E-state index is 13.5. The van der Waals surface area contributed by atoms with Gasteiger partial charge in [0.2, 0.25) is 0 Å². The Morgan fingerprint density at radius 2 is 2.00 bits per heavy atom. The quantitative estimate of drug-likeness (QED) is 0.893. The fourth-order valence-electron chi connectivity index (χ4n) is 1.61. The highest BCUT2D eigenvalue weighted by molar-refractivity contribution is 6.06. The fourth-order valence-corrected chi connectivity index (χ4v) is 1.61. The molecule has 0 aliphatic heterocycles. The van der Waals surface area contributed by atoms with Crippen LogP contribution in [0.5, 0.6) is 11.5 Å². The zero-order chi connectivity index (χ0) is 13.8. The van der Waals surface area contributed by atoms with Crippen molar-refractivity contribution in [3.8, 4) is 11.5 Å². The molecule has 2 aromatic rings. The lowest BCUT2D eigenvalue weighted by Crippen LogP contribution is -2.12. The van der Waals surface area contributed by atoms with E-state index in [9.17, 15) is 14.3 Å². The lowest BCUT2D eigenvalue weighted by Gasteiger charge is -2.08. The zero-order valence-corrected chi connectivity index (χ0v) is 10.2. The molecule has 0 fully saturated rings. The summed E-state index contributed by atoms with van der Waals surface area (Å²) in [6, 6.07) is 10.2. The Hall–Kier alpha value is -2.56. The third-order valence-electron chi connectivity index (χ3n) is 2.56. The summed E-state index contributed by atoms with van der Waals surface area (Å²) in [5.41, 5.74) is 0.408. The number of amides is 1. The Bertz CT molecular complexity index is 613. The van der Waals surface area contributed by atoms with E-state index in [1.54, 1.807) is 12.1 Å². The average Bonchev–Trinajstić information content (AvgIpc) is 2.39. The maximum Gasteiger partial charge on any atom is 0.259 e. The Labute approximate surface area is 109 Å². The van der Waals surface area contributed by atoms with Crippen molar-refractivity contribution in [1.29, 1.82) is 0 Å². The van der Waals surface area contributed by atoms with E-state index in [4.69, 9.17) is 4.74 Å². The van der Waals surface area contributed by atoms with E-state index in [0.29, 0.717) is 0 Å². The third kappa shape index (κ3) is 2.82. The van der Waals surface area contributed by atoms with E-state index in [1.807, 2.05) is 0 Å². The van der Waals surface area contributed by atoms with E-state index < -0.39 is 11.7 Å². The lowest BCUT2D eigenvalue weighted by molar-refractivity contribution is 0.102. The van der Waals surface area contributed by atoms with Crippen LogP contribution < -0.4 is 10.1 Å². The number of nitrogens with one attached hydrogen (secondary N) is 1. The minimum Gasteiger partial charge on any atom is -0.507 e. The standard InChI is InChI=1S/C14H12FNO3/c1-19-13-7-6-9(8-11(13)15)16-14(18)10-4-2-3-5-12(10)17/h2-8,17H,1H3,(H,16,18). The van der Waals surface area contributed by atoms with Gasteiger partial charge < -0.3 is 15.2 Å². The van der Waals surface area contributed by atoms with Crippen molar-refractivity contribution in [2.75, 3.05) is 12.4 Å². The number of hydrogen-bond donors (Lipinski definition) is 2. The number of para-hydroxylation sites is 1. The van der Waals surface area contributed by atoms with Crippen LogP contribution in [0.25, 0.3) is 0 Å². The molecule has 98 valence electrons. The molecule has 0 unspecified atom stereocenters. The highest BCUT2D eigenvalue weighted by atomic mass is 19.1. The molecule has 0 saturated heterocycles. The second-order valence-corrected chi connectivity index (χ2v) is 3.82. The van der Waals surface area contributed by atoms with E-state index in [2.05, 4.69) is 5.32 Å². The number of halogens is 1. The molecule has 19 heavy (non-hydrogen) atoms. The van der Waals surface area contributed by atoms with Gasteiger partial charge in [-0.15, -0.1) is 0 Å². The number of aromatic hydroxyl groups is 1. The van der Waals surface area contributed by atoms with Gasteiger partial charge in [0.25, 0.3) is 5.91 Å². The van der Waals surface area contributed by atoms with Crippen molar-refractivity contribution in [1.82, 2.24) is 0 Å². The van der Waals surface area contributed by atoms with Gasteiger partial charge in [-0.05, 0) is 24.3 Å². The molecule has 4 nitrogen and oxygen atoms in total. The highest BCUT2D eigenvalue weighted by Gasteiger charge is 2.11. The van der Waals surface area contributed by atoms with Gasteiger partial charge >= 0.3 is 0 Å². The van der Waals surface area contributed by atoms with Gasteiger partial charge in [0.05, 0.1) is 12.7 Å². The number of carbonyl (C=O) groups is 1. The number of phenols is 1. The molecule has 0 aliphatic rings. The molecule has 0 heterocycles. The molecule has 0 bridgehead atoms. The largest absolute Gasteiger partial charge is 0.507 e. The monoisotopic (exact) mass is 261 g/mol. The van der Waals surface area contributed by atoms with Crippen molar-refractivity contribution < 1.29 is 19.0 Å². The van der Waals surface area contributed by atoms with Gasteiger partial charge in [0.1, 0.15) is 5.75 Å². The first-order chi connectivity index (χ1) is 9.11. The molecule has 0 radical (unpaired) electrons. The molecular formula is C14H12FNO3. The van der Waals surface area contributed by atoms with Crippen molar-refractivity contribution in [2.24, 2.45) is 0 Å². The Balaban J connectivity index is 2.20. The average molecular weight is 261 g/mol. The first-order valence-corrected chi connectivity index (χ1v) is 5.54. The summed E-state index contributed by atoms with van der Waals surface area (Å²) in [5, 5.41) is 12.0. The number of rotatable bonds is 3. The third-order valence-corrected chi connectivity index (χ3v) is 2.56. The number of phenolic OH excluding ortho intramolecular Hbond substituents is 1. The van der Waals surface area contributed by atoms with Gasteiger partial charge in [0, 0.05) is 11.8 Å². The van der Waals surface area contributed by atoms with Crippen LogP contribution in [0.3, 0.4) is 0 Å². The van der Waals surface area contributed by atoms with Crippen LogP contribution in [-0.4, -0.2) is 18.1 Å². The Kier molecular flexibility index (Phi) is 3.66. The SMILES string of the molecule is COc1ccc(NC(=O)c2ccccc2O)cc1F. The molecule has 0 saturated carbocycles. The normalized spacial score (nSPS) is 10.0. The minimum atomic E-state index is -0.572. The molecule has 0 spiro atoms. The molecule has 2 N–H and O–H groups in total. The molecule has 2 aromatic carbocycles. The number of anilines is 1. The van der Waals surface area contributed by atoms with Gasteiger partial charge in [-0.2, -0.15) is 0 Å². The first-order valence-electron chi connectivity index (χ1n) is 5.54. The van der Waals surface area contributed by atoms with Crippen LogP contribution in [0.15, 0.2) is 42.5 Å².